The Morgan fingerprint density at radius 1 is 1.29 bits per heavy atom. The van der Waals surface area contributed by atoms with Crippen LogP contribution in [0.3, 0.4) is 0 Å². The smallest absolute Gasteiger partial charge is 0.238 e. The Hall–Kier alpha value is -1.40. The molecule has 21 heavy (non-hydrogen) atoms. The second kappa shape index (κ2) is 6.58. The van der Waals surface area contributed by atoms with Gasteiger partial charge in [-0.25, -0.2) is 13.6 Å². The molecule has 1 amide bonds. The summed E-state index contributed by atoms with van der Waals surface area (Å²) in [5.74, 6) is 0.368. The second-order valence-corrected chi connectivity index (χ2v) is 7.60. The number of anilines is 1. The van der Waals surface area contributed by atoms with Gasteiger partial charge in [0.25, 0.3) is 0 Å². The van der Waals surface area contributed by atoms with Crippen LogP contribution < -0.4 is 10.5 Å². The van der Waals surface area contributed by atoms with Crippen LogP contribution in [-0.2, 0) is 14.8 Å². The molecule has 118 valence electrons. The molecule has 0 heterocycles. The molecule has 0 aliphatic carbocycles. The molecule has 0 aliphatic heterocycles. The van der Waals surface area contributed by atoms with Crippen molar-refractivity contribution in [1.82, 2.24) is 0 Å². The van der Waals surface area contributed by atoms with Gasteiger partial charge in [-0.1, -0.05) is 27.7 Å². The molecule has 0 radical (unpaired) electrons. The maximum atomic E-state index is 12.4. The third-order valence-electron chi connectivity index (χ3n) is 3.63. The van der Waals surface area contributed by atoms with Gasteiger partial charge in [-0.3, -0.25) is 4.79 Å². The van der Waals surface area contributed by atoms with Crippen LogP contribution in [0.4, 0.5) is 5.69 Å². The molecular weight excluding hydrogens is 288 g/mol. The Bertz CT molecular complexity index is 594. The van der Waals surface area contributed by atoms with E-state index in [4.69, 9.17) is 5.14 Å². The van der Waals surface area contributed by atoms with Crippen molar-refractivity contribution >= 4 is 21.6 Å². The van der Waals surface area contributed by atoms with E-state index in [9.17, 15) is 13.2 Å². The molecule has 0 bridgehead atoms. The van der Waals surface area contributed by atoms with Crippen molar-refractivity contribution in [3.05, 3.63) is 24.3 Å². The molecule has 0 aromatic heterocycles. The van der Waals surface area contributed by atoms with Gasteiger partial charge in [0.05, 0.1) is 4.90 Å². The van der Waals surface area contributed by atoms with Gasteiger partial charge in [-0.15, -0.1) is 0 Å². The molecule has 0 saturated heterocycles. The number of nitrogens with two attached hydrogens (primary N) is 1. The van der Waals surface area contributed by atoms with Crippen LogP contribution in [-0.4, -0.2) is 14.3 Å². The van der Waals surface area contributed by atoms with Gasteiger partial charge >= 0.3 is 0 Å². The number of rotatable bonds is 6. The quantitative estimate of drug-likeness (QED) is 0.846. The summed E-state index contributed by atoms with van der Waals surface area (Å²) in [4.78, 5) is 12.5. The van der Waals surface area contributed by atoms with E-state index in [2.05, 4.69) is 19.2 Å². The summed E-state index contributed by atoms with van der Waals surface area (Å²) in [6, 6.07) is 5.86. The number of primary sulfonamides is 1. The van der Waals surface area contributed by atoms with E-state index in [1.54, 1.807) is 12.1 Å². The number of amides is 1. The first kappa shape index (κ1) is 17.7. The van der Waals surface area contributed by atoms with E-state index in [-0.39, 0.29) is 10.8 Å². The molecule has 0 spiro atoms. The SMILES string of the molecule is CC[C@](C)(CC(C)C)C(=O)Nc1ccc(S(N)(=O)=O)cc1. The molecule has 3 N–H and O–H groups in total. The van der Waals surface area contributed by atoms with Crippen LogP contribution in [0.25, 0.3) is 0 Å². The van der Waals surface area contributed by atoms with Gasteiger partial charge in [-0.05, 0) is 43.0 Å². The third-order valence-corrected chi connectivity index (χ3v) is 4.56. The van der Waals surface area contributed by atoms with Gasteiger partial charge < -0.3 is 5.32 Å². The molecule has 0 unspecified atom stereocenters. The summed E-state index contributed by atoms with van der Waals surface area (Å²) in [6.07, 6.45) is 1.54. The molecule has 1 aromatic rings. The maximum absolute atomic E-state index is 12.4. The Labute approximate surface area is 127 Å². The Balaban J connectivity index is 2.87. The van der Waals surface area contributed by atoms with Crippen molar-refractivity contribution < 1.29 is 13.2 Å². The van der Waals surface area contributed by atoms with E-state index >= 15 is 0 Å². The molecule has 0 saturated carbocycles. The highest BCUT2D eigenvalue weighted by atomic mass is 32.2. The van der Waals surface area contributed by atoms with E-state index in [0.29, 0.717) is 11.6 Å². The van der Waals surface area contributed by atoms with Gasteiger partial charge in [0.15, 0.2) is 0 Å². The van der Waals surface area contributed by atoms with Gasteiger partial charge in [0, 0.05) is 11.1 Å². The van der Waals surface area contributed by atoms with E-state index in [1.807, 2.05) is 13.8 Å². The molecule has 5 nitrogen and oxygen atoms in total. The van der Waals surface area contributed by atoms with Gasteiger partial charge in [0.1, 0.15) is 0 Å². The third kappa shape index (κ3) is 4.82. The number of hydrogen-bond acceptors (Lipinski definition) is 3. The number of carbonyl (C=O) groups excluding carboxylic acids is 1. The average molecular weight is 312 g/mol. The molecule has 1 rings (SSSR count). The highest BCUT2D eigenvalue weighted by molar-refractivity contribution is 7.89. The summed E-state index contributed by atoms with van der Waals surface area (Å²) in [5, 5.41) is 7.88. The Morgan fingerprint density at radius 3 is 2.19 bits per heavy atom. The largest absolute Gasteiger partial charge is 0.326 e. The fraction of sp³-hybridized carbons (Fsp3) is 0.533. The molecular formula is C15H24N2O3S. The Kier molecular flexibility index (Phi) is 5.53. The molecule has 1 aromatic carbocycles. The number of nitrogens with one attached hydrogen (secondary N) is 1. The van der Waals surface area contributed by atoms with Crippen molar-refractivity contribution in [2.24, 2.45) is 16.5 Å². The summed E-state index contributed by atoms with van der Waals surface area (Å²) < 4.78 is 22.4. The highest BCUT2D eigenvalue weighted by Crippen LogP contribution is 2.31. The van der Waals surface area contributed by atoms with Crippen molar-refractivity contribution in [1.29, 1.82) is 0 Å². The first-order valence-electron chi connectivity index (χ1n) is 7.03. The van der Waals surface area contributed by atoms with Gasteiger partial charge in [0.2, 0.25) is 15.9 Å². The van der Waals surface area contributed by atoms with Crippen LogP contribution in [0, 0.1) is 11.3 Å². The number of hydrogen-bond donors (Lipinski definition) is 2. The Morgan fingerprint density at radius 2 is 1.81 bits per heavy atom. The summed E-state index contributed by atoms with van der Waals surface area (Å²) in [7, 11) is -3.71. The first-order valence-corrected chi connectivity index (χ1v) is 8.57. The molecule has 0 aliphatic rings. The lowest BCUT2D eigenvalue weighted by atomic mass is 9.79. The van der Waals surface area contributed by atoms with E-state index < -0.39 is 15.4 Å². The van der Waals surface area contributed by atoms with Crippen molar-refractivity contribution in [2.75, 3.05) is 5.32 Å². The predicted octanol–water partition coefficient (Wildman–Crippen LogP) is 2.73. The fourth-order valence-corrected chi connectivity index (χ4v) is 2.82. The molecule has 0 fully saturated rings. The predicted molar refractivity (Wildman–Crippen MR) is 84.3 cm³/mol. The number of sulfonamides is 1. The lowest BCUT2D eigenvalue weighted by Crippen LogP contribution is -2.34. The normalized spacial score (nSPS) is 14.8. The minimum atomic E-state index is -3.71. The van der Waals surface area contributed by atoms with E-state index in [1.165, 1.54) is 12.1 Å². The second-order valence-electron chi connectivity index (χ2n) is 6.04. The topological polar surface area (TPSA) is 89.3 Å². The zero-order valence-electron chi connectivity index (χ0n) is 13.0. The standard InChI is InChI=1S/C15H24N2O3S/c1-5-15(4,10-11(2)3)14(18)17-12-6-8-13(9-7-12)21(16,19)20/h6-9,11H,5,10H2,1-4H3,(H,17,18)(H2,16,19,20)/t15-/m1/s1. The average Bonchev–Trinajstić information content (AvgIpc) is 2.37. The number of benzene rings is 1. The van der Waals surface area contributed by atoms with Crippen molar-refractivity contribution in [3.63, 3.8) is 0 Å². The zero-order chi connectivity index (χ0) is 16.3. The van der Waals surface area contributed by atoms with Crippen LogP contribution in [0.15, 0.2) is 29.2 Å². The first-order chi connectivity index (χ1) is 9.58. The molecule has 6 heteroatoms. The minimum Gasteiger partial charge on any atom is -0.326 e. The van der Waals surface area contributed by atoms with Crippen LogP contribution >= 0.6 is 0 Å². The summed E-state index contributed by atoms with van der Waals surface area (Å²) >= 11 is 0. The summed E-state index contributed by atoms with van der Waals surface area (Å²) in [5.41, 5.74) is 0.128. The van der Waals surface area contributed by atoms with Crippen LogP contribution in [0.2, 0.25) is 0 Å². The minimum absolute atomic E-state index is 0.0286. The fourth-order valence-electron chi connectivity index (χ4n) is 2.31. The lowest BCUT2D eigenvalue weighted by molar-refractivity contribution is -0.125. The lowest BCUT2D eigenvalue weighted by Gasteiger charge is -2.28. The summed E-state index contributed by atoms with van der Waals surface area (Å²) in [6.45, 7) is 8.11. The monoisotopic (exact) mass is 312 g/mol. The van der Waals surface area contributed by atoms with Crippen LogP contribution in [0.5, 0.6) is 0 Å². The van der Waals surface area contributed by atoms with Crippen molar-refractivity contribution in [3.8, 4) is 0 Å². The van der Waals surface area contributed by atoms with Crippen molar-refractivity contribution in [2.45, 2.75) is 45.4 Å². The zero-order valence-corrected chi connectivity index (χ0v) is 13.8. The van der Waals surface area contributed by atoms with E-state index in [0.717, 1.165) is 12.8 Å². The van der Waals surface area contributed by atoms with Gasteiger partial charge in [-0.2, -0.15) is 0 Å². The highest BCUT2D eigenvalue weighted by Gasteiger charge is 2.32. The maximum Gasteiger partial charge on any atom is 0.238 e. The number of carbonyl (C=O) groups is 1. The van der Waals surface area contributed by atoms with Crippen LogP contribution in [0.1, 0.15) is 40.5 Å². The molecule has 1 atom stereocenters.